The molecule has 0 saturated heterocycles. The van der Waals surface area contributed by atoms with Crippen molar-refractivity contribution in [2.45, 2.75) is 23.1 Å². The molecule has 0 aliphatic carbocycles. The third-order valence-electron chi connectivity index (χ3n) is 4.62. The van der Waals surface area contributed by atoms with Crippen molar-refractivity contribution >= 4 is 33.3 Å². The molecule has 0 bridgehead atoms. The van der Waals surface area contributed by atoms with Gasteiger partial charge in [0, 0.05) is 11.3 Å². The van der Waals surface area contributed by atoms with Crippen LogP contribution in [0.15, 0.2) is 82.6 Å². The van der Waals surface area contributed by atoms with Gasteiger partial charge in [-0.1, -0.05) is 35.9 Å². The number of carbonyl (C=O) groups is 1. The van der Waals surface area contributed by atoms with E-state index in [2.05, 4.69) is 0 Å². The molecule has 3 rings (SSSR count). The summed E-state index contributed by atoms with van der Waals surface area (Å²) >= 11 is 1.54. The highest BCUT2D eigenvalue weighted by atomic mass is 32.2. The average Bonchev–Trinajstić information content (AvgIpc) is 2.73. The number of Topliss-reactive ketones (excluding diaryl/α,β-unsaturated/α-hetero) is 1. The number of halogens is 1. The first kappa shape index (κ1) is 22.1. The number of rotatable bonds is 8. The Morgan fingerprint density at radius 3 is 2.23 bits per heavy atom. The molecule has 30 heavy (non-hydrogen) atoms. The quantitative estimate of drug-likeness (QED) is 0.467. The fourth-order valence-electron chi connectivity index (χ4n) is 3.04. The predicted octanol–water partition coefficient (Wildman–Crippen LogP) is 4.86. The van der Waals surface area contributed by atoms with Gasteiger partial charge >= 0.3 is 0 Å². The van der Waals surface area contributed by atoms with Gasteiger partial charge in [0.05, 0.1) is 17.1 Å². The summed E-state index contributed by atoms with van der Waals surface area (Å²) in [5.41, 5.74) is 2.22. The predicted molar refractivity (Wildman–Crippen MR) is 119 cm³/mol. The molecule has 0 N–H and O–H groups in total. The second-order valence-electron chi connectivity index (χ2n) is 6.83. The molecular weight excluding hydrogens is 421 g/mol. The van der Waals surface area contributed by atoms with Crippen LogP contribution in [0.1, 0.15) is 11.1 Å². The van der Waals surface area contributed by atoms with Gasteiger partial charge in [0.1, 0.15) is 5.82 Å². The number of ketones is 1. The van der Waals surface area contributed by atoms with E-state index in [4.69, 9.17) is 0 Å². The van der Waals surface area contributed by atoms with Crippen molar-refractivity contribution in [2.75, 3.05) is 17.1 Å². The maximum atomic E-state index is 13.3. The average molecular weight is 444 g/mol. The molecule has 0 spiro atoms. The SMILES string of the molecule is CSc1ccccc1CC(=O)CN(c1ccc(C)cc1)S(=O)(=O)c1ccc(F)cc1. The molecule has 0 aliphatic heterocycles. The summed E-state index contributed by atoms with van der Waals surface area (Å²) in [5, 5.41) is 0. The van der Waals surface area contributed by atoms with Crippen LogP contribution in [0.4, 0.5) is 10.1 Å². The number of aryl methyl sites for hydroxylation is 1. The summed E-state index contributed by atoms with van der Waals surface area (Å²) in [6.07, 6.45) is 2.05. The third-order valence-corrected chi connectivity index (χ3v) is 7.25. The molecule has 3 aromatic carbocycles. The highest BCUT2D eigenvalue weighted by Crippen LogP contribution is 2.25. The van der Waals surface area contributed by atoms with Crippen LogP contribution in [0.25, 0.3) is 0 Å². The van der Waals surface area contributed by atoms with Crippen molar-refractivity contribution in [3.05, 3.63) is 89.7 Å². The standard InChI is InChI=1S/C23H22FNO3S2/c1-17-7-11-20(12-8-17)25(30(27,28)22-13-9-19(24)10-14-22)16-21(26)15-18-5-3-4-6-23(18)29-2/h3-14H,15-16H2,1-2H3. The Labute approximate surface area is 180 Å². The molecule has 0 heterocycles. The Kier molecular flexibility index (Phi) is 6.95. The van der Waals surface area contributed by atoms with Crippen LogP contribution in [-0.2, 0) is 21.2 Å². The first-order valence-corrected chi connectivity index (χ1v) is 12.0. The molecule has 7 heteroatoms. The smallest absolute Gasteiger partial charge is 0.264 e. The molecule has 0 aliphatic rings. The van der Waals surface area contributed by atoms with Crippen molar-refractivity contribution < 1.29 is 17.6 Å². The second kappa shape index (κ2) is 9.45. The Morgan fingerprint density at radius 2 is 1.60 bits per heavy atom. The van der Waals surface area contributed by atoms with E-state index in [1.165, 1.54) is 23.9 Å². The Hall–Kier alpha value is -2.64. The zero-order chi connectivity index (χ0) is 21.7. The minimum absolute atomic E-state index is 0.0678. The van der Waals surface area contributed by atoms with Gasteiger partial charge in [-0.2, -0.15) is 0 Å². The van der Waals surface area contributed by atoms with Crippen LogP contribution in [0.3, 0.4) is 0 Å². The molecule has 0 radical (unpaired) electrons. The molecule has 0 saturated carbocycles. The highest BCUT2D eigenvalue weighted by Gasteiger charge is 2.27. The number of carbonyl (C=O) groups excluding carboxylic acids is 1. The first-order chi connectivity index (χ1) is 14.3. The molecular formula is C23H22FNO3S2. The van der Waals surface area contributed by atoms with E-state index < -0.39 is 15.8 Å². The van der Waals surface area contributed by atoms with Gasteiger partial charge in [-0.25, -0.2) is 12.8 Å². The topological polar surface area (TPSA) is 54.5 Å². The highest BCUT2D eigenvalue weighted by molar-refractivity contribution is 7.98. The summed E-state index contributed by atoms with van der Waals surface area (Å²) in [4.78, 5) is 13.8. The van der Waals surface area contributed by atoms with Crippen molar-refractivity contribution in [1.82, 2.24) is 0 Å². The number of hydrogen-bond acceptors (Lipinski definition) is 4. The summed E-state index contributed by atoms with van der Waals surface area (Å²) < 4.78 is 41.0. The lowest BCUT2D eigenvalue weighted by Gasteiger charge is -2.24. The van der Waals surface area contributed by atoms with Crippen LogP contribution in [0, 0.1) is 12.7 Å². The minimum Gasteiger partial charge on any atom is -0.297 e. The van der Waals surface area contributed by atoms with Crippen molar-refractivity contribution in [3.63, 3.8) is 0 Å². The largest absolute Gasteiger partial charge is 0.297 e. The van der Waals surface area contributed by atoms with Crippen LogP contribution in [-0.4, -0.2) is 27.0 Å². The molecule has 3 aromatic rings. The zero-order valence-electron chi connectivity index (χ0n) is 16.7. The molecule has 0 unspecified atom stereocenters. The van der Waals surface area contributed by atoms with Crippen LogP contribution in [0.5, 0.6) is 0 Å². The van der Waals surface area contributed by atoms with E-state index in [9.17, 15) is 17.6 Å². The lowest BCUT2D eigenvalue weighted by atomic mass is 10.1. The molecule has 0 amide bonds. The monoisotopic (exact) mass is 443 g/mol. The normalized spacial score (nSPS) is 11.3. The lowest BCUT2D eigenvalue weighted by molar-refractivity contribution is -0.117. The van der Waals surface area contributed by atoms with E-state index in [0.29, 0.717) is 5.69 Å². The maximum absolute atomic E-state index is 13.3. The van der Waals surface area contributed by atoms with Gasteiger partial charge in [0.25, 0.3) is 10.0 Å². The Morgan fingerprint density at radius 1 is 0.967 bits per heavy atom. The maximum Gasteiger partial charge on any atom is 0.264 e. The minimum atomic E-state index is -4.05. The van der Waals surface area contributed by atoms with E-state index >= 15 is 0 Å². The number of nitrogens with zero attached hydrogens (tertiary/aromatic N) is 1. The van der Waals surface area contributed by atoms with Gasteiger partial charge in [0.2, 0.25) is 0 Å². The Balaban J connectivity index is 1.94. The lowest BCUT2D eigenvalue weighted by Crippen LogP contribution is -2.36. The summed E-state index contributed by atoms with van der Waals surface area (Å²) in [6, 6.07) is 19.1. The Bertz CT molecular complexity index is 1130. The van der Waals surface area contributed by atoms with E-state index in [-0.39, 0.29) is 23.6 Å². The van der Waals surface area contributed by atoms with E-state index in [0.717, 1.165) is 32.5 Å². The molecule has 4 nitrogen and oxygen atoms in total. The van der Waals surface area contributed by atoms with Gasteiger partial charge in [-0.15, -0.1) is 11.8 Å². The van der Waals surface area contributed by atoms with Gasteiger partial charge < -0.3 is 0 Å². The number of benzene rings is 3. The van der Waals surface area contributed by atoms with E-state index in [1.807, 2.05) is 37.4 Å². The number of hydrogen-bond donors (Lipinski definition) is 0. The van der Waals surface area contributed by atoms with Crippen molar-refractivity contribution in [3.8, 4) is 0 Å². The van der Waals surface area contributed by atoms with Crippen LogP contribution in [0.2, 0.25) is 0 Å². The first-order valence-electron chi connectivity index (χ1n) is 9.30. The van der Waals surface area contributed by atoms with Gasteiger partial charge in [0.15, 0.2) is 5.78 Å². The summed E-state index contributed by atoms with van der Waals surface area (Å²) in [7, 11) is -4.05. The number of sulfonamides is 1. The molecule has 156 valence electrons. The molecule has 0 atom stereocenters. The van der Waals surface area contributed by atoms with Gasteiger partial charge in [-0.05, 0) is 61.2 Å². The number of thioether (sulfide) groups is 1. The third kappa shape index (κ3) is 5.09. The zero-order valence-corrected chi connectivity index (χ0v) is 18.3. The number of anilines is 1. The van der Waals surface area contributed by atoms with Crippen molar-refractivity contribution in [1.29, 1.82) is 0 Å². The van der Waals surface area contributed by atoms with Crippen LogP contribution < -0.4 is 4.31 Å². The molecule has 0 fully saturated rings. The summed E-state index contributed by atoms with van der Waals surface area (Å²) in [6.45, 7) is 1.58. The molecule has 0 aromatic heterocycles. The van der Waals surface area contributed by atoms with Crippen molar-refractivity contribution in [2.24, 2.45) is 0 Å². The van der Waals surface area contributed by atoms with Gasteiger partial charge in [-0.3, -0.25) is 9.10 Å². The second-order valence-corrected chi connectivity index (χ2v) is 9.54. The van der Waals surface area contributed by atoms with E-state index in [1.54, 1.807) is 24.3 Å². The van der Waals surface area contributed by atoms with Crippen LogP contribution >= 0.6 is 11.8 Å². The fraction of sp³-hybridized carbons (Fsp3) is 0.174. The fourth-order valence-corrected chi connectivity index (χ4v) is 5.10. The summed E-state index contributed by atoms with van der Waals surface area (Å²) in [5.74, 6) is -0.761.